The molecule has 1 N–H and O–H groups in total. The van der Waals surface area contributed by atoms with Gasteiger partial charge in [0.15, 0.2) is 17.1 Å². The number of methoxy groups -OCH3 is 1. The van der Waals surface area contributed by atoms with E-state index in [1.807, 2.05) is 30.3 Å². The van der Waals surface area contributed by atoms with Crippen molar-refractivity contribution in [1.29, 1.82) is 0 Å². The van der Waals surface area contributed by atoms with E-state index in [2.05, 4.69) is 5.32 Å². The van der Waals surface area contributed by atoms with E-state index >= 15 is 0 Å². The molecular weight excluding hydrogens is 538 g/mol. The van der Waals surface area contributed by atoms with Gasteiger partial charge in [-0.3, -0.25) is 9.59 Å². The number of carbonyl (C=O) groups excluding carboxylic acids is 2. The molecule has 11 heteroatoms. The van der Waals surface area contributed by atoms with Crippen molar-refractivity contribution in [1.82, 2.24) is 5.32 Å². The van der Waals surface area contributed by atoms with Crippen molar-refractivity contribution < 1.29 is 32.6 Å². The lowest BCUT2D eigenvalue weighted by Crippen LogP contribution is -2.58. The zero-order chi connectivity index (χ0) is 27.1. The number of carbonyl (C=O) groups is 2. The van der Waals surface area contributed by atoms with E-state index in [9.17, 15) is 18.4 Å². The molecule has 1 fully saturated rings. The van der Waals surface area contributed by atoms with Gasteiger partial charge in [0.25, 0.3) is 11.8 Å². The number of anilines is 1. The summed E-state index contributed by atoms with van der Waals surface area (Å²) in [6.45, 7) is 0.0598. The van der Waals surface area contributed by atoms with Crippen molar-refractivity contribution in [2.45, 2.75) is 30.9 Å². The molecule has 2 heterocycles. The summed E-state index contributed by atoms with van der Waals surface area (Å²) >= 11 is 7.42. The largest absolute Gasteiger partial charge is 0.493 e. The molecule has 1 aliphatic heterocycles. The highest BCUT2D eigenvalue weighted by Gasteiger charge is 2.60. The van der Waals surface area contributed by atoms with E-state index in [1.54, 1.807) is 30.1 Å². The van der Waals surface area contributed by atoms with Gasteiger partial charge in [0, 0.05) is 21.7 Å². The Kier molecular flexibility index (Phi) is 7.06. The highest BCUT2D eigenvalue weighted by atomic mass is 35.5. The van der Waals surface area contributed by atoms with Gasteiger partial charge in [0.05, 0.1) is 37.9 Å². The van der Waals surface area contributed by atoms with Crippen LogP contribution in [0.5, 0.6) is 11.5 Å². The standard InChI is InChI=1S/C27H25ClF2N2O5S/c1-31-11-23(33)37-26(13-27(29,30)14-26)15-36-20-8-7-19(10-21(20)35-2)32-12-17-9-22(38-24(17)25(32)34)16-3-5-18(28)6-4-16/h3-10,31H,11-15H2,1-2H3. The molecule has 3 aromatic rings. The maximum Gasteiger partial charge on any atom is 0.320 e. The summed E-state index contributed by atoms with van der Waals surface area (Å²) in [6.07, 6.45) is -1.23. The van der Waals surface area contributed by atoms with E-state index in [0.29, 0.717) is 33.6 Å². The van der Waals surface area contributed by atoms with Crippen LogP contribution in [0.1, 0.15) is 28.1 Å². The molecule has 2 aromatic carbocycles. The van der Waals surface area contributed by atoms with Crippen LogP contribution >= 0.6 is 22.9 Å². The van der Waals surface area contributed by atoms with Gasteiger partial charge >= 0.3 is 5.97 Å². The van der Waals surface area contributed by atoms with E-state index in [4.69, 9.17) is 25.8 Å². The number of benzene rings is 2. The van der Waals surface area contributed by atoms with Crippen LogP contribution in [-0.2, 0) is 16.1 Å². The number of esters is 1. The quantitative estimate of drug-likeness (QED) is 0.345. The first kappa shape index (κ1) is 26.4. The SMILES string of the molecule is CNCC(=O)OC1(COc2ccc(N3Cc4cc(-c5ccc(Cl)cc5)sc4C3=O)cc2OC)CC(F)(F)C1. The third-order valence-corrected chi connectivity index (χ3v) is 7.93. The molecule has 0 saturated heterocycles. The van der Waals surface area contributed by atoms with Crippen LogP contribution in [0.25, 0.3) is 10.4 Å². The van der Waals surface area contributed by atoms with Crippen molar-refractivity contribution in [2.75, 3.05) is 32.2 Å². The summed E-state index contributed by atoms with van der Waals surface area (Å²) in [5, 5.41) is 3.30. The number of likely N-dealkylation sites (N-methyl/N-ethyl adjacent to an activating group) is 1. The molecule has 0 radical (unpaired) electrons. The van der Waals surface area contributed by atoms with Crippen LogP contribution in [0, 0.1) is 0 Å². The van der Waals surface area contributed by atoms with Gasteiger partial charge in [0.1, 0.15) is 6.61 Å². The number of hydrogen-bond acceptors (Lipinski definition) is 7. The molecule has 1 saturated carbocycles. The predicted octanol–water partition coefficient (Wildman–Crippen LogP) is 5.55. The molecule has 0 atom stereocenters. The van der Waals surface area contributed by atoms with Crippen molar-refractivity contribution in [3.63, 3.8) is 0 Å². The summed E-state index contributed by atoms with van der Waals surface area (Å²) in [7, 11) is 3.02. The highest BCUT2D eigenvalue weighted by Crippen LogP contribution is 2.49. The second-order valence-corrected chi connectivity index (χ2v) is 10.9. The molecule has 200 valence electrons. The van der Waals surface area contributed by atoms with Crippen LogP contribution in [0.2, 0.25) is 5.02 Å². The number of hydrogen-bond donors (Lipinski definition) is 1. The fourth-order valence-electron chi connectivity index (χ4n) is 4.73. The molecule has 0 unspecified atom stereocenters. The summed E-state index contributed by atoms with van der Waals surface area (Å²) in [4.78, 5) is 28.5. The Hall–Kier alpha value is -3.21. The smallest absolute Gasteiger partial charge is 0.320 e. The first-order valence-corrected chi connectivity index (χ1v) is 13.1. The van der Waals surface area contributed by atoms with E-state index in [1.165, 1.54) is 18.4 Å². The van der Waals surface area contributed by atoms with Crippen LogP contribution in [0.4, 0.5) is 14.5 Å². The monoisotopic (exact) mass is 562 g/mol. The Bertz CT molecular complexity index is 1370. The number of nitrogens with zero attached hydrogens (tertiary/aromatic N) is 1. The molecular formula is C27H25ClF2N2O5S. The van der Waals surface area contributed by atoms with E-state index in [-0.39, 0.29) is 19.1 Å². The molecule has 7 nitrogen and oxygen atoms in total. The molecule has 5 rings (SSSR count). The summed E-state index contributed by atoms with van der Waals surface area (Å²) < 4.78 is 44.0. The van der Waals surface area contributed by atoms with Gasteiger partial charge in [-0.2, -0.15) is 0 Å². The van der Waals surface area contributed by atoms with Gasteiger partial charge in [0.2, 0.25) is 0 Å². The number of alkyl halides is 2. The van der Waals surface area contributed by atoms with Gasteiger partial charge in [-0.1, -0.05) is 23.7 Å². The maximum absolute atomic E-state index is 13.7. The number of nitrogens with one attached hydrogen (secondary N) is 1. The molecule has 1 amide bonds. The Balaban J connectivity index is 1.29. The lowest BCUT2D eigenvalue weighted by molar-refractivity contribution is -0.233. The van der Waals surface area contributed by atoms with E-state index < -0.39 is 30.3 Å². The van der Waals surface area contributed by atoms with Crippen LogP contribution in [-0.4, -0.2) is 50.7 Å². The zero-order valence-electron chi connectivity index (χ0n) is 20.7. The van der Waals surface area contributed by atoms with Crippen molar-refractivity contribution >= 4 is 40.5 Å². The maximum atomic E-state index is 13.7. The Labute approximate surface area is 227 Å². The Morgan fingerprint density at radius 1 is 1.13 bits per heavy atom. The number of ether oxygens (including phenoxy) is 3. The topological polar surface area (TPSA) is 77.1 Å². The molecule has 38 heavy (non-hydrogen) atoms. The molecule has 2 aliphatic rings. The summed E-state index contributed by atoms with van der Waals surface area (Å²) in [6, 6.07) is 14.5. The lowest BCUT2D eigenvalue weighted by Gasteiger charge is -2.45. The third kappa shape index (κ3) is 5.21. The number of amides is 1. The zero-order valence-corrected chi connectivity index (χ0v) is 22.3. The highest BCUT2D eigenvalue weighted by molar-refractivity contribution is 7.17. The minimum atomic E-state index is -2.92. The molecule has 0 bridgehead atoms. The number of fused-ring (bicyclic) bond motifs is 1. The first-order valence-electron chi connectivity index (χ1n) is 11.9. The average molecular weight is 563 g/mol. The van der Waals surface area contributed by atoms with Crippen LogP contribution in [0.15, 0.2) is 48.5 Å². The van der Waals surface area contributed by atoms with Crippen molar-refractivity contribution in [3.8, 4) is 21.9 Å². The fourth-order valence-corrected chi connectivity index (χ4v) is 5.98. The van der Waals surface area contributed by atoms with Gasteiger partial charge in [-0.25, -0.2) is 8.78 Å². The summed E-state index contributed by atoms with van der Waals surface area (Å²) in [5.41, 5.74) is 1.12. The normalized spacial score (nSPS) is 17.1. The van der Waals surface area contributed by atoms with Crippen LogP contribution in [0.3, 0.4) is 0 Å². The molecule has 1 aromatic heterocycles. The molecule has 1 aliphatic carbocycles. The van der Waals surface area contributed by atoms with Crippen molar-refractivity contribution in [2.24, 2.45) is 0 Å². The number of thiophene rings is 1. The second-order valence-electron chi connectivity index (χ2n) is 9.38. The minimum Gasteiger partial charge on any atom is -0.493 e. The first-order chi connectivity index (χ1) is 18.1. The minimum absolute atomic E-state index is 0.0954. The van der Waals surface area contributed by atoms with Gasteiger partial charge < -0.3 is 24.4 Å². The van der Waals surface area contributed by atoms with Gasteiger partial charge in [-0.15, -0.1) is 11.3 Å². The number of rotatable bonds is 9. The fraction of sp³-hybridized carbons (Fsp3) is 0.333. The summed E-state index contributed by atoms with van der Waals surface area (Å²) in [5.74, 6) is -3.04. The van der Waals surface area contributed by atoms with E-state index in [0.717, 1.165) is 16.0 Å². The third-order valence-electron chi connectivity index (χ3n) is 6.47. The second kappa shape index (κ2) is 10.2. The van der Waals surface area contributed by atoms with Gasteiger partial charge in [-0.05, 0) is 48.5 Å². The van der Waals surface area contributed by atoms with Crippen molar-refractivity contribution in [3.05, 3.63) is 64.0 Å². The van der Waals surface area contributed by atoms with Crippen LogP contribution < -0.4 is 19.7 Å². The number of halogens is 3. The Morgan fingerprint density at radius 2 is 1.87 bits per heavy atom. The Morgan fingerprint density at radius 3 is 2.50 bits per heavy atom. The predicted molar refractivity (Wildman–Crippen MR) is 141 cm³/mol. The lowest BCUT2D eigenvalue weighted by atomic mass is 9.77. The molecule has 0 spiro atoms. The average Bonchev–Trinajstić information content (AvgIpc) is 3.41.